The molecular weight excluding hydrogens is 264 g/mol. The highest BCUT2D eigenvalue weighted by Gasteiger charge is 2.20. The third-order valence-corrected chi connectivity index (χ3v) is 5.86. The molecule has 0 N–H and O–H groups in total. The minimum Gasteiger partial charge on any atom is -0.0654 e. The number of unbranched alkanes of at least 4 members (excludes halogenated alkanes) is 9. The Morgan fingerprint density at radius 2 is 1.05 bits per heavy atom. The van der Waals surface area contributed by atoms with Gasteiger partial charge in [0.1, 0.15) is 0 Å². The zero-order valence-corrected chi connectivity index (χ0v) is 16.6. The van der Waals surface area contributed by atoms with Crippen LogP contribution in [0.25, 0.3) is 0 Å². The molecule has 134 valence electrons. The van der Waals surface area contributed by atoms with E-state index in [1.807, 2.05) is 0 Å². The van der Waals surface area contributed by atoms with Crippen molar-refractivity contribution < 1.29 is 0 Å². The van der Waals surface area contributed by atoms with Crippen molar-refractivity contribution in [2.75, 3.05) is 0 Å². The zero-order valence-electron chi connectivity index (χ0n) is 16.6. The summed E-state index contributed by atoms with van der Waals surface area (Å²) in [4.78, 5) is 0. The maximum atomic E-state index is 2.52. The molecule has 0 spiro atoms. The summed E-state index contributed by atoms with van der Waals surface area (Å²) in [5.41, 5.74) is 0. The van der Waals surface area contributed by atoms with Crippen LogP contribution in [0, 0.1) is 17.8 Å². The molecule has 0 aliphatic heterocycles. The summed E-state index contributed by atoms with van der Waals surface area (Å²) in [7, 11) is 0. The molecule has 0 aromatic carbocycles. The van der Waals surface area contributed by atoms with Gasteiger partial charge in [0.05, 0.1) is 0 Å². The van der Waals surface area contributed by atoms with Gasteiger partial charge in [-0.25, -0.2) is 0 Å². The molecular formula is C22H46. The van der Waals surface area contributed by atoms with E-state index in [1.165, 1.54) is 89.9 Å². The fourth-order valence-corrected chi connectivity index (χ4v) is 3.81. The second-order valence-corrected chi connectivity index (χ2v) is 7.76. The first-order valence-corrected chi connectivity index (χ1v) is 10.7. The molecule has 0 fully saturated rings. The van der Waals surface area contributed by atoms with E-state index < -0.39 is 0 Å². The van der Waals surface area contributed by atoms with Crippen LogP contribution in [0.15, 0.2) is 0 Å². The first-order valence-electron chi connectivity index (χ1n) is 10.7. The predicted molar refractivity (Wildman–Crippen MR) is 103 cm³/mol. The van der Waals surface area contributed by atoms with E-state index in [-0.39, 0.29) is 0 Å². The summed E-state index contributed by atoms with van der Waals surface area (Å²) < 4.78 is 0. The highest BCUT2D eigenvalue weighted by atomic mass is 14.3. The standard InChI is InChI=1S/C22H46/c1-6-9-11-12-13-14-15-16-17-19-22(8-3)21(5)20(4)18-10-7-2/h20-22H,6-19H2,1-5H3. The third-order valence-electron chi connectivity index (χ3n) is 5.86. The van der Waals surface area contributed by atoms with Crippen molar-refractivity contribution >= 4 is 0 Å². The highest BCUT2D eigenvalue weighted by Crippen LogP contribution is 2.31. The van der Waals surface area contributed by atoms with Crippen molar-refractivity contribution in [1.29, 1.82) is 0 Å². The molecule has 3 atom stereocenters. The van der Waals surface area contributed by atoms with E-state index in [9.17, 15) is 0 Å². The Bertz CT molecular complexity index is 208. The molecule has 0 nitrogen and oxygen atoms in total. The maximum absolute atomic E-state index is 2.52. The molecule has 0 heteroatoms. The molecule has 3 unspecified atom stereocenters. The molecule has 22 heavy (non-hydrogen) atoms. The summed E-state index contributed by atoms with van der Waals surface area (Å²) >= 11 is 0. The number of hydrogen-bond acceptors (Lipinski definition) is 0. The fraction of sp³-hybridized carbons (Fsp3) is 1.00. The maximum Gasteiger partial charge on any atom is -0.0389 e. The van der Waals surface area contributed by atoms with Crippen molar-refractivity contribution in [2.45, 2.75) is 125 Å². The van der Waals surface area contributed by atoms with E-state index in [0.29, 0.717) is 0 Å². The Balaban J connectivity index is 3.64. The van der Waals surface area contributed by atoms with E-state index in [4.69, 9.17) is 0 Å². The van der Waals surface area contributed by atoms with Crippen molar-refractivity contribution in [3.63, 3.8) is 0 Å². The van der Waals surface area contributed by atoms with E-state index in [1.54, 1.807) is 0 Å². The quantitative estimate of drug-likeness (QED) is 0.251. The molecule has 0 saturated carbocycles. The topological polar surface area (TPSA) is 0 Å². The van der Waals surface area contributed by atoms with Gasteiger partial charge in [-0.15, -0.1) is 0 Å². The monoisotopic (exact) mass is 310 g/mol. The molecule has 0 aliphatic rings. The van der Waals surface area contributed by atoms with Gasteiger partial charge in [-0.3, -0.25) is 0 Å². The van der Waals surface area contributed by atoms with Gasteiger partial charge in [0.25, 0.3) is 0 Å². The van der Waals surface area contributed by atoms with Crippen LogP contribution in [0.2, 0.25) is 0 Å². The summed E-state index contributed by atoms with van der Waals surface area (Å²) in [5.74, 6) is 2.81. The van der Waals surface area contributed by atoms with Crippen LogP contribution in [-0.2, 0) is 0 Å². The SMILES string of the molecule is CCCCCCCCCCCC(CC)C(C)C(C)CCCC. The molecule has 0 aromatic heterocycles. The Hall–Kier alpha value is 0. The van der Waals surface area contributed by atoms with Gasteiger partial charge in [-0.05, 0) is 17.8 Å². The van der Waals surface area contributed by atoms with Crippen molar-refractivity contribution in [2.24, 2.45) is 17.8 Å². The van der Waals surface area contributed by atoms with Gasteiger partial charge >= 0.3 is 0 Å². The van der Waals surface area contributed by atoms with Crippen LogP contribution in [0.5, 0.6) is 0 Å². The lowest BCUT2D eigenvalue weighted by molar-refractivity contribution is 0.223. The largest absolute Gasteiger partial charge is 0.0654 e. The number of hydrogen-bond donors (Lipinski definition) is 0. The second-order valence-electron chi connectivity index (χ2n) is 7.76. The third kappa shape index (κ3) is 11.6. The van der Waals surface area contributed by atoms with Gasteiger partial charge in [-0.1, -0.05) is 125 Å². The van der Waals surface area contributed by atoms with Crippen LogP contribution in [0.1, 0.15) is 125 Å². The van der Waals surface area contributed by atoms with Crippen LogP contribution >= 0.6 is 0 Å². The second kappa shape index (κ2) is 15.9. The average molecular weight is 311 g/mol. The summed E-state index contributed by atoms with van der Waals surface area (Å²) in [6.07, 6.45) is 20.2. The Labute approximate surface area is 142 Å². The van der Waals surface area contributed by atoms with Gasteiger partial charge in [-0.2, -0.15) is 0 Å². The Morgan fingerprint density at radius 3 is 1.55 bits per heavy atom. The number of rotatable bonds is 16. The van der Waals surface area contributed by atoms with Gasteiger partial charge in [0.15, 0.2) is 0 Å². The molecule has 0 aliphatic carbocycles. The van der Waals surface area contributed by atoms with E-state index >= 15 is 0 Å². The molecule has 0 amide bonds. The van der Waals surface area contributed by atoms with Crippen molar-refractivity contribution in [1.82, 2.24) is 0 Å². The molecule has 0 radical (unpaired) electrons. The fourth-order valence-electron chi connectivity index (χ4n) is 3.81. The highest BCUT2D eigenvalue weighted by molar-refractivity contribution is 4.71. The van der Waals surface area contributed by atoms with Crippen LogP contribution in [-0.4, -0.2) is 0 Å². The molecule has 0 heterocycles. The molecule has 0 rings (SSSR count). The summed E-state index contributed by atoms with van der Waals surface area (Å²) in [6.45, 7) is 12.0. The zero-order chi connectivity index (χ0) is 16.6. The van der Waals surface area contributed by atoms with Crippen LogP contribution < -0.4 is 0 Å². The normalized spacial score (nSPS) is 15.7. The van der Waals surface area contributed by atoms with E-state index in [2.05, 4.69) is 34.6 Å². The average Bonchev–Trinajstić information content (AvgIpc) is 2.54. The Morgan fingerprint density at radius 1 is 0.545 bits per heavy atom. The first kappa shape index (κ1) is 22.0. The lowest BCUT2D eigenvalue weighted by atomic mass is 9.78. The smallest absolute Gasteiger partial charge is 0.0389 e. The molecule has 0 saturated heterocycles. The minimum absolute atomic E-state index is 0.920. The van der Waals surface area contributed by atoms with Crippen LogP contribution in [0.3, 0.4) is 0 Å². The lowest BCUT2D eigenvalue weighted by Crippen LogP contribution is -2.18. The first-order chi connectivity index (χ1) is 10.7. The molecule has 0 bridgehead atoms. The minimum atomic E-state index is 0.920. The Kier molecular flexibility index (Phi) is 15.9. The lowest BCUT2D eigenvalue weighted by Gasteiger charge is -2.28. The summed E-state index contributed by atoms with van der Waals surface area (Å²) in [6, 6.07) is 0. The van der Waals surface area contributed by atoms with Gasteiger partial charge in [0.2, 0.25) is 0 Å². The van der Waals surface area contributed by atoms with Crippen molar-refractivity contribution in [3.8, 4) is 0 Å². The van der Waals surface area contributed by atoms with Crippen molar-refractivity contribution in [3.05, 3.63) is 0 Å². The summed E-state index contributed by atoms with van der Waals surface area (Å²) in [5, 5.41) is 0. The van der Waals surface area contributed by atoms with Gasteiger partial charge < -0.3 is 0 Å². The van der Waals surface area contributed by atoms with Gasteiger partial charge in [0, 0.05) is 0 Å². The predicted octanol–water partition coefficient (Wildman–Crippen LogP) is 8.40. The molecule has 0 aromatic rings. The van der Waals surface area contributed by atoms with E-state index in [0.717, 1.165) is 17.8 Å². The van der Waals surface area contributed by atoms with Crippen LogP contribution in [0.4, 0.5) is 0 Å².